The second-order valence-corrected chi connectivity index (χ2v) is 8.22. The summed E-state index contributed by atoms with van der Waals surface area (Å²) in [6.07, 6.45) is -9.39. The van der Waals surface area contributed by atoms with E-state index >= 15 is 0 Å². The molecule has 10 heteroatoms. The number of benzene rings is 1. The van der Waals surface area contributed by atoms with Crippen LogP contribution in [0.4, 0.5) is 0 Å². The number of aliphatic hydroxyl groups is 5. The molecule has 1 saturated heterocycles. The van der Waals surface area contributed by atoms with Gasteiger partial charge in [-0.3, -0.25) is 0 Å². The number of hydrogen-bond acceptors (Lipinski definition) is 10. The molecule has 1 aromatic carbocycles. The van der Waals surface area contributed by atoms with Gasteiger partial charge in [0.25, 0.3) is 0 Å². The van der Waals surface area contributed by atoms with Crippen LogP contribution in [0.15, 0.2) is 30.3 Å². The molecule has 0 radical (unpaired) electrons. The molecule has 0 amide bonds. The molecular formula is C20H33N3O7. The lowest BCUT2D eigenvalue weighted by atomic mass is 9.84. The monoisotopic (exact) mass is 427 g/mol. The van der Waals surface area contributed by atoms with E-state index in [0.717, 1.165) is 5.56 Å². The molecule has 1 aromatic rings. The van der Waals surface area contributed by atoms with Gasteiger partial charge in [-0.2, -0.15) is 0 Å². The van der Waals surface area contributed by atoms with Gasteiger partial charge in [0.05, 0.1) is 18.2 Å². The molecule has 30 heavy (non-hydrogen) atoms. The molecule has 170 valence electrons. The zero-order valence-electron chi connectivity index (χ0n) is 16.9. The fourth-order valence-corrected chi connectivity index (χ4v) is 4.07. The van der Waals surface area contributed by atoms with Crippen LogP contribution in [0.25, 0.3) is 0 Å². The van der Waals surface area contributed by atoms with Gasteiger partial charge in [-0.1, -0.05) is 30.3 Å². The maximum atomic E-state index is 10.6. The fourth-order valence-electron chi connectivity index (χ4n) is 4.07. The third-order valence-corrected chi connectivity index (χ3v) is 5.91. The van der Waals surface area contributed by atoms with Crippen molar-refractivity contribution in [3.63, 3.8) is 0 Å². The van der Waals surface area contributed by atoms with Crippen LogP contribution in [0.2, 0.25) is 0 Å². The molecule has 11 atom stereocenters. The number of nitrogens with one attached hydrogen (secondary N) is 1. The standard InChI is InChI=1S/C20H33N3O7/c1-9(24)18-17(28)15(26)13(22)20(29-18)30-19-11(21)7-12(14(25)16(19)27)23-8-10-5-3-2-4-6-10/h2-6,9,11-20,23-28H,7-8,21-22H2,1H3/t9?,11?,12-,13+,14-,15?,16?,17+,18?,19-,20-/m1/s1. The smallest absolute Gasteiger partial charge is 0.176 e. The Morgan fingerprint density at radius 1 is 1.07 bits per heavy atom. The lowest BCUT2D eigenvalue weighted by Crippen LogP contribution is -2.68. The van der Waals surface area contributed by atoms with E-state index in [9.17, 15) is 25.5 Å². The van der Waals surface area contributed by atoms with E-state index in [1.54, 1.807) is 0 Å². The van der Waals surface area contributed by atoms with Gasteiger partial charge in [-0.05, 0) is 18.9 Å². The minimum absolute atomic E-state index is 0.322. The van der Waals surface area contributed by atoms with Crippen molar-refractivity contribution in [1.29, 1.82) is 0 Å². The number of rotatable bonds is 6. The van der Waals surface area contributed by atoms with Gasteiger partial charge in [0, 0.05) is 18.6 Å². The van der Waals surface area contributed by atoms with Crippen LogP contribution >= 0.6 is 0 Å². The van der Waals surface area contributed by atoms with E-state index in [4.69, 9.17) is 20.9 Å². The van der Waals surface area contributed by atoms with Crippen LogP contribution in [-0.4, -0.2) is 92.7 Å². The van der Waals surface area contributed by atoms with Gasteiger partial charge in [0.15, 0.2) is 6.29 Å². The van der Waals surface area contributed by atoms with Crippen molar-refractivity contribution in [2.45, 2.75) is 87.0 Å². The molecule has 1 saturated carbocycles. The average Bonchev–Trinajstić information content (AvgIpc) is 2.73. The van der Waals surface area contributed by atoms with E-state index in [1.807, 2.05) is 30.3 Å². The maximum Gasteiger partial charge on any atom is 0.176 e. The predicted octanol–water partition coefficient (Wildman–Crippen LogP) is -2.86. The third-order valence-electron chi connectivity index (χ3n) is 5.91. The third kappa shape index (κ3) is 5.00. The Hall–Kier alpha value is -1.18. The molecule has 2 aliphatic rings. The topological polar surface area (TPSA) is 184 Å². The van der Waals surface area contributed by atoms with Crippen LogP contribution in [0.1, 0.15) is 18.9 Å². The first kappa shape index (κ1) is 23.5. The first-order chi connectivity index (χ1) is 14.2. The summed E-state index contributed by atoms with van der Waals surface area (Å²) < 4.78 is 11.3. The highest BCUT2D eigenvalue weighted by Crippen LogP contribution is 2.28. The summed E-state index contributed by atoms with van der Waals surface area (Å²) >= 11 is 0. The molecule has 10 nitrogen and oxygen atoms in total. The van der Waals surface area contributed by atoms with Gasteiger partial charge in [-0.15, -0.1) is 0 Å². The molecule has 2 fully saturated rings. The highest BCUT2D eigenvalue weighted by atomic mass is 16.7. The molecule has 0 spiro atoms. The van der Waals surface area contributed by atoms with Gasteiger partial charge < -0.3 is 51.8 Å². The minimum atomic E-state index is -1.40. The normalized spacial score (nSPS) is 43.3. The molecular weight excluding hydrogens is 394 g/mol. The summed E-state index contributed by atoms with van der Waals surface area (Å²) in [5.74, 6) is 0. The average molecular weight is 427 g/mol. The Bertz CT molecular complexity index is 667. The lowest BCUT2D eigenvalue weighted by molar-refractivity contribution is -0.301. The molecule has 10 N–H and O–H groups in total. The van der Waals surface area contributed by atoms with Gasteiger partial charge in [0.1, 0.15) is 30.5 Å². The maximum absolute atomic E-state index is 10.6. The fraction of sp³-hybridized carbons (Fsp3) is 0.700. The van der Waals surface area contributed by atoms with Crippen molar-refractivity contribution in [1.82, 2.24) is 5.32 Å². The Kier molecular flexibility index (Phi) is 7.80. The minimum Gasteiger partial charge on any atom is -0.391 e. The Labute approximate surface area is 175 Å². The number of aliphatic hydroxyl groups excluding tert-OH is 5. The molecule has 5 unspecified atom stereocenters. The van der Waals surface area contributed by atoms with Crippen molar-refractivity contribution in [2.24, 2.45) is 11.5 Å². The zero-order chi connectivity index (χ0) is 22.0. The highest BCUT2D eigenvalue weighted by Gasteiger charge is 2.49. The van der Waals surface area contributed by atoms with Gasteiger partial charge in [-0.25, -0.2) is 0 Å². The van der Waals surface area contributed by atoms with Crippen LogP contribution in [-0.2, 0) is 16.0 Å². The SMILES string of the molecule is CC(O)C1O[C@H](O[C@@H]2C(N)C[C@@H](NCc3ccccc3)[C@@H](O)C2O)[C@@H](N)C(O)[C@@H]1O. The summed E-state index contributed by atoms with van der Waals surface area (Å²) in [4.78, 5) is 0. The molecule has 1 aliphatic carbocycles. The number of ether oxygens (including phenoxy) is 2. The quantitative estimate of drug-likeness (QED) is 0.235. The predicted molar refractivity (Wildman–Crippen MR) is 107 cm³/mol. The zero-order valence-corrected chi connectivity index (χ0v) is 16.9. The van der Waals surface area contributed by atoms with E-state index in [0.29, 0.717) is 13.0 Å². The highest BCUT2D eigenvalue weighted by molar-refractivity contribution is 5.14. The van der Waals surface area contributed by atoms with Gasteiger partial charge >= 0.3 is 0 Å². The molecule has 0 aromatic heterocycles. The van der Waals surface area contributed by atoms with E-state index in [2.05, 4.69) is 5.32 Å². The summed E-state index contributed by atoms with van der Waals surface area (Å²) in [7, 11) is 0. The van der Waals surface area contributed by atoms with Crippen LogP contribution in [0.5, 0.6) is 0 Å². The van der Waals surface area contributed by atoms with E-state index < -0.39 is 67.1 Å². The second-order valence-electron chi connectivity index (χ2n) is 8.22. The van der Waals surface area contributed by atoms with Crippen LogP contribution in [0.3, 0.4) is 0 Å². The van der Waals surface area contributed by atoms with Crippen molar-refractivity contribution in [3.05, 3.63) is 35.9 Å². The summed E-state index contributed by atoms with van der Waals surface area (Å²) in [6, 6.07) is 7.41. The molecule has 0 bridgehead atoms. The van der Waals surface area contributed by atoms with Crippen LogP contribution in [0, 0.1) is 0 Å². The molecule has 1 heterocycles. The van der Waals surface area contributed by atoms with E-state index in [1.165, 1.54) is 6.92 Å². The van der Waals surface area contributed by atoms with Crippen molar-refractivity contribution in [3.8, 4) is 0 Å². The first-order valence-corrected chi connectivity index (χ1v) is 10.2. The molecule has 1 aliphatic heterocycles. The van der Waals surface area contributed by atoms with Gasteiger partial charge in [0.2, 0.25) is 0 Å². The van der Waals surface area contributed by atoms with Crippen molar-refractivity contribution in [2.75, 3.05) is 0 Å². The summed E-state index contributed by atoms with van der Waals surface area (Å²) in [6.45, 7) is 1.91. The Morgan fingerprint density at radius 2 is 1.73 bits per heavy atom. The number of hydrogen-bond donors (Lipinski definition) is 8. The molecule has 3 rings (SSSR count). The largest absolute Gasteiger partial charge is 0.391 e. The van der Waals surface area contributed by atoms with Crippen molar-refractivity contribution >= 4 is 0 Å². The lowest BCUT2D eigenvalue weighted by Gasteiger charge is -2.47. The Balaban J connectivity index is 1.63. The summed E-state index contributed by atoms with van der Waals surface area (Å²) in [5, 5.41) is 54.4. The van der Waals surface area contributed by atoms with E-state index in [-0.39, 0.29) is 0 Å². The number of nitrogens with two attached hydrogens (primary N) is 2. The second kappa shape index (κ2) is 9.96. The van der Waals surface area contributed by atoms with Crippen molar-refractivity contribution < 1.29 is 35.0 Å². The summed E-state index contributed by atoms with van der Waals surface area (Å²) in [5.41, 5.74) is 13.2. The first-order valence-electron chi connectivity index (χ1n) is 10.2. The Morgan fingerprint density at radius 3 is 2.37 bits per heavy atom. The van der Waals surface area contributed by atoms with Crippen LogP contribution < -0.4 is 16.8 Å².